The molecule has 0 saturated carbocycles. The van der Waals surface area contributed by atoms with Crippen molar-refractivity contribution in [3.05, 3.63) is 45.5 Å². The van der Waals surface area contributed by atoms with E-state index in [9.17, 15) is 14.5 Å². The van der Waals surface area contributed by atoms with Crippen molar-refractivity contribution in [1.82, 2.24) is 9.78 Å². The van der Waals surface area contributed by atoms with Crippen molar-refractivity contribution in [1.29, 1.82) is 0 Å². The van der Waals surface area contributed by atoms with Gasteiger partial charge >= 0.3 is 0 Å². The molecule has 0 saturated heterocycles. The van der Waals surface area contributed by atoms with Gasteiger partial charge in [0.1, 0.15) is 11.5 Å². The molecule has 0 bridgehead atoms. The molecule has 1 N–H and O–H groups in total. The van der Waals surface area contributed by atoms with E-state index in [-0.39, 0.29) is 10.7 Å². The summed E-state index contributed by atoms with van der Waals surface area (Å²) in [6, 6.07) is 1.95. The molecule has 1 aromatic heterocycles. The minimum atomic E-state index is -0.843. The van der Waals surface area contributed by atoms with Crippen LogP contribution in [0.3, 0.4) is 0 Å². The van der Waals surface area contributed by atoms with Crippen LogP contribution in [0.25, 0.3) is 0 Å². The van der Waals surface area contributed by atoms with Crippen LogP contribution in [0.2, 0.25) is 5.02 Å². The average Bonchev–Trinajstić information content (AvgIpc) is 2.87. The van der Waals surface area contributed by atoms with E-state index < -0.39 is 16.4 Å². The molecule has 0 aliphatic rings. The number of methoxy groups -OCH3 is 1. The third kappa shape index (κ3) is 3.67. The predicted molar refractivity (Wildman–Crippen MR) is 75.5 cm³/mol. The lowest BCUT2D eigenvalue weighted by molar-refractivity contribution is -0.384. The van der Waals surface area contributed by atoms with Gasteiger partial charge in [-0.25, -0.2) is 4.39 Å². The van der Waals surface area contributed by atoms with Crippen molar-refractivity contribution in [3.63, 3.8) is 0 Å². The smallest absolute Gasteiger partial charge is 0.295 e. The molecule has 9 heteroatoms. The number of rotatable bonds is 6. The number of nitro groups is 1. The highest BCUT2D eigenvalue weighted by atomic mass is 35.5. The lowest BCUT2D eigenvalue weighted by atomic mass is 10.2. The Morgan fingerprint density at radius 1 is 1.57 bits per heavy atom. The molecule has 0 atom stereocenters. The quantitative estimate of drug-likeness (QED) is 0.654. The fraction of sp³-hybridized carbons (Fsp3) is 0.250. The fourth-order valence-electron chi connectivity index (χ4n) is 1.68. The largest absolute Gasteiger partial charge is 0.383 e. The summed E-state index contributed by atoms with van der Waals surface area (Å²) in [5.74, 6) is -0.843. The molecule has 1 aromatic carbocycles. The number of aromatic nitrogens is 2. The number of anilines is 2. The van der Waals surface area contributed by atoms with Gasteiger partial charge in [0.05, 0.1) is 41.0 Å². The molecule has 0 spiro atoms. The van der Waals surface area contributed by atoms with Gasteiger partial charge in [-0.15, -0.1) is 0 Å². The first-order valence-corrected chi connectivity index (χ1v) is 6.31. The van der Waals surface area contributed by atoms with Gasteiger partial charge in [0.15, 0.2) is 0 Å². The Bertz CT molecular complexity index is 662. The topological polar surface area (TPSA) is 82.2 Å². The monoisotopic (exact) mass is 314 g/mol. The van der Waals surface area contributed by atoms with Crippen LogP contribution in [0.4, 0.5) is 21.5 Å². The third-order valence-corrected chi connectivity index (χ3v) is 2.96. The molecule has 21 heavy (non-hydrogen) atoms. The van der Waals surface area contributed by atoms with Crippen LogP contribution in [0, 0.1) is 15.9 Å². The lowest BCUT2D eigenvalue weighted by Gasteiger charge is -2.06. The number of benzene rings is 1. The van der Waals surface area contributed by atoms with Gasteiger partial charge in [-0.1, -0.05) is 11.6 Å². The van der Waals surface area contributed by atoms with E-state index in [0.29, 0.717) is 18.8 Å². The Balaban J connectivity index is 2.24. The summed E-state index contributed by atoms with van der Waals surface area (Å²) in [7, 11) is 1.58. The second-order valence-corrected chi connectivity index (χ2v) is 4.56. The van der Waals surface area contributed by atoms with E-state index in [0.717, 1.165) is 6.07 Å². The molecule has 0 fully saturated rings. The summed E-state index contributed by atoms with van der Waals surface area (Å²) < 4.78 is 19.8. The van der Waals surface area contributed by atoms with Crippen LogP contribution in [0.5, 0.6) is 0 Å². The van der Waals surface area contributed by atoms with E-state index in [1.165, 1.54) is 12.3 Å². The number of nitro benzene ring substituents is 1. The molecular formula is C12H12ClFN4O3. The zero-order valence-corrected chi connectivity index (χ0v) is 11.8. The summed E-state index contributed by atoms with van der Waals surface area (Å²) in [6.45, 7) is 1.04. The first kappa shape index (κ1) is 15.2. The van der Waals surface area contributed by atoms with Gasteiger partial charge in [-0.2, -0.15) is 5.10 Å². The van der Waals surface area contributed by atoms with E-state index in [4.69, 9.17) is 16.3 Å². The Hall–Kier alpha value is -2.19. The number of nitrogens with zero attached hydrogens (tertiary/aromatic N) is 3. The predicted octanol–water partition coefficient (Wildman–Crippen LogP) is 2.97. The van der Waals surface area contributed by atoms with Crippen LogP contribution in [-0.2, 0) is 11.3 Å². The minimum absolute atomic E-state index is 0.0951. The van der Waals surface area contributed by atoms with E-state index in [1.807, 2.05) is 0 Å². The van der Waals surface area contributed by atoms with Crippen LogP contribution in [-0.4, -0.2) is 28.4 Å². The molecule has 0 aliphatic carbocycles. The Kier molecular flexibility index (Phi) is 4.71. The molecule has 0 aliphatic heterocycles. The zero-order valence-electron chi connectivity index (χ0n) is 11.0. The van der Waals surface area contributed by atoms with Crippen LogP contribution in [0.1, 0.15) is 0 Å². The highest BCUT2D eigenvalue weighted by Gasteiger charge is 2.18. The maximum atomic E-state index is 13.3. The van der Waals surface area contributed by atoms with Crippen molar-refractivity contribution in [2.24, 2.45) is 0 Å². The maximum Gasteiger partial charge on any atom is 0.295 e. The highest BCUT2D eigenvalue weighted by molar-refractivity contribution is 6.31. The van der Waals surface area contributed by atoms with Crippen molar-refractivity contribution >= 4 is 28.7 Å². The maximum absolute atomic E-state index is 13.3. The molecule has 0 unspecified atom stereocenters. The fourth-order valence-corrected chi connectivity index (χ4v) is 1.84. The molecule has 0 amide bonds. The Labute approximate surface area is 124 Å². The average molecular weight is 315 g/mol. The Morgan fingerprint density at radius 3 is 3.00 bits per heavy atom. The lowest BCUT2D eigenvalue weighted by Crippen LogP contribution is -2.04. The van der Waals surface area contributed by atoms with Crippen LogP contribution < -0.4 is 5.32 Å². The van der Waals surface area contributed by atoms with E-state index in [1.54, 1.807) is 18.0 Å². The minimum Gasteiger partial charge on any atom is -0.383 e. The summed E-state index contributed by atoms with van der Waals surface area (Å²) in [6.07, 6.45) is 3.15. The van der Waals surface area contributed by atoms with Gasteiger partial charge in [-0.3, -0.25) is 14.8 Å². The van der Waals surface area contributed by atoms with Gasteiger partial charge in [0, 0.05) is 13.3 Å². The highest BCUT2D eigenvalue weighted by Crippen LogP contribution is 2.32. The first-order valence-electron chi connectivity index (χ1n) is 5.93. The van der Waals surface area contributed by atoms with Crippen LogP contribution in [0.15, 0.2) is 24.5 Å². The standard InChI is InChI=1S/C12H12ClFN4O3/c1-21-3-2-17-7-8(6-15-17)16-11-4-9(13)10(14)5-12(11)18(19)20/h4-7,16H,2-3H2,1H3. The molecular weight excluding hydrogens is 303 g/mol. The van der Waals surface area contributed by atoms with Crippen LogP contribution >= 0.6 is 11.6 Å². The summed E-state index contributed by atoms with van der Waals surface area (Å²) in [5, 5.41) is 17.6. The van der Waals surface area contributed by atoms with Gasteiger partial charge < -0.3 is 10.1 Å². The number of nitrogens with one attached hydrogen (secondary N) is 1. The second kappa shape index (κ2) is 6.51. The van der Waals surface area contributed by atoms with Gasteiger partial charge in [0.25, 0.3) is 5.69 Å². The van der Waals surface area contributed by atoms with Gasteiger partial charge in [-0.05, 0) is 6.07 Å². The number of halogens is 2. The third-order valence-electron chi connectivity index (χ3n) is 2.67. The summed E-state index contributed by atoms with van der Waals surface area (Å²) in [5.41, 5.74) is 0.219. The van der Waals surface area contributed by atoms with Gasteiger partial charge in [0.2, 0.25) is 0 Å². The van der Waals surface area contributed by atoms with Crippen molar-refractivity contribution < 1.29 is 14.1 Å². The molecule has 7 nitrogen and oxygen atoms in total. The van der Waals surface area contributed by atoms with E-state index >= 15 is 0 Å². The molecule has 112 valence electrons. The normalized spacial score (nSPS) is 10.6. The summed E-state index contributed by atoms with van der Waals surface area (Å²) in [4.78, 5) is 10.3. The van der Waals surface area contributed by atoms with Crippen molar-refractivity contribution in [3.8, 4) is 0 Å². The van der Waals surface area contributed by atoms with Crippen molar-refractivity contribution in [2.45, 2.75) is 6.54 Å². The molecule has 0 radical (unpaired) electrons. The number of ether oxygens (including phenoxy) is 1. The SMILES string of the molecule is COCCn1cc(Nc2cc(Cl)c(F)cc2[N+](=O)[O-])cn1. The van der Waals surface area contributed by atoms with E-state index in [2.05, 4.69) is 10.4 Å². The molecule has 1 heterocycles. The summed E-state index contributed by atoms with van der Waals surface area (Å²) >= 11 is 5.66. The number of hydrogen-bond donors (Lipinski definition) is 1. The zero-order chi connectivity index (χ0) is 15.4. The van der Waals surface area contributed by atoms with Crippen molar-refractivity contribution in [2.75, 3.05) is 19.0 Å². The molecule has 2 rings (SSSR count). The Morgan fingerprint density at radius 2 is 2.33 bits per heavy atom. The molecule has 2 aromatic rings. The first-order chi connectivity index (χ1) is 10.0. The second-order valence-electron chi connectivity index (χ2n) is 4.15. The number of hydrogen-bond acceptors (Lipinski definition) is 5.